The van der Waals surface area contributed by atoms with Gasteiger partial charge in [-0.05, 0) is 30.3 Å². The Balaban J connectivity index is 1.83. The number of hydrogen-bond acceptors (Lipinski definition) is 4. The molecule has 1 heterocycles. The molecule has 0 aromatic heterocycles. The minimum Gasteiger partial charge on any atom is -0.343 e. The molecule has 2 amide bonds. The molecule has 0 N–H and O–H groups in total. The molecule has 27 heavy (non-hydrogen) atoms. The first-order chi connectivity index (χ1) is 12.9. The highest BCUT2D eigenvalue weighted by molar-refractivity contribution is 7.89. The van der Waals surface area contributed by atoms with Gasteiger partial charge in [0, 0.05) is 44.5 Å². The van der Waals surface area contributed by atoms with Crippen molar-refractivity contribution in [3.8, 4) is 0 Å². The van der Waals surface area contributed by atoms with E-state index in [-0.39, 0.29) is 23.9 Å². The average molecular weight is 387 g/mol. The molecule has 1 fully saturated rings. The zero-order valence-corrected chi connectivity index (χ0v) is 15.8. The molecular weight excluding hydrogens is 366 g/mol. The van der Waals surface area contributed by atoms with Crippen LogP contribution in [-0.2, 0) is 14.8 Å². The van der Waals surface area contributed by atoms with Crippen LogP contribution in [0.25, 0.3) is 0 Å². The van der Waals surface area contributed by atoms with Gasteiger partial charge in [0.1, 0.15) is 0 Å². The van der Waals surface area contributed by atoms with Gasteiger partial charge in [-0.1, -0.05) is 24.3 Å². The van der Waals surface area contributed by atoms with E-state index < -0.39 is 10.0 Å². The number of sulfonamides is 1. The molecule has 1 saturated heterocycles. The second-order valence-corrected chi connectivity index (χ2v) is 8.21. The summed E-state index contributed by atoms with van der Waals surface area (Å²) in [5, 5.41) is 0. The summed E-state index contributed by atoms with van der Waals surface area (Å²) < 4.78 is 27.1. The van der Waals surface area contributed by atoms with Crippen LogP contribution in [-0.4, -0.2) is 63.2 Å². The summed E-state index contributed by atoms with van der Waals surface area (Å²) in [6.45, 7) is 1.20. The Hall–Kier alpha value is -2.71. The van der Waals surface area contributed by atoms with E-state index in [2.05, 4.69) is 0 Å². The standard InChI is InChI=1S/C19H21N3O4S/c1-20(17-7-3-2-4-8-17)19(24)16-6-5-9-18(14-16)27(25,26)22-12-10-21(15-23)11-13-22/h2-9,14-15H,10-13H2,1H3. The maximum absolute atomic E-state index is 12.9. The molecule has 0 spiro atoms. The highest BCUT2D eigenvalue weighted by Crippen LogP contribution is 2.21. The summed E-state index contributed by atoms with van der Waals surface area (Å²) in [5.41, 5.74) is 1.02. The van der Waals surface area contributed by atoms with Crippen molar-refractivity contribution in [3.63, 3.8) is 0 Å². The third kappa shape index (κ3) is 4.01. The molecule has 0 radical (unpaired) electrons. The Morgan fingerprint density at radius 2 is 1.67 bits per heavy atom. The molecule has 0 saturated carbocycles. The van der Waals surface area contributed by atoms with Gasteiger partial charge in [-0.3, -0.25) is 9.59 Å². The fourth-order valence-electron chi connectivity index (χ4n) is 2.95. The van der Waals surface area contributed by atoms with Gasteiger partial charge in [-0.15, -0.1) is 0 Å². The van der Waals surface area contributed by atoms with Crippen LogP contribution in [0.1, 0.15) is 10.4 Å². The molecule has 0 bridgehead atoms. The third-order valence-electron chi connectivity index (χ3n) is 4.59. The smallest absolute Gasteiger partial charge is 0.258 e. The number of nitrogens with zero attached hydrogens (tertiary/aromatic N) is 3. The molecule has 1 aliphatic rings. The van der Waals surface area contributed by atoms with Crippen LogP contribution >= 0.6 is 0 Å². The van der Waals surface area contributed by atoms with E-state index in [0.29, 0.717) is 18.7 Å². The second-order valence-electron chi connectivity index (χ2n) is 6.27. The second kappa shape index (κ2) is 7.89. The Kier molecular flexibility index (Phi) is 5.57. The molecule has 0 atom stereocenters. The summed E-state index contributed by atoms with van der Waals surface area (Å²) in [5.74, 6) is -0.288. The number of piperazine rings is 1. The topological polar surface area (TPSA) is 78.0 Å². The predicted octanol–water partition coefficient (Wildman–Crippen LogP) is 1.43. The van der Waals surface area contributed by atoms with Gasteiger partial charge in [0.2, 0.25) is 16.4 Å². The van der Waals surface area contributed by atoms with Crippen LogP contribution < -0.4 is 4.90 Å². The minimum atomic E-state index is -3.72. The van der Waals surface area contributed by atoms with Gasteiger partial charge in [0.05, 0.1) is 4.90 Å². The van der Waals surface area contributed by atoms with Gasteiger partial charge in [-0.2, -0.15) is 4.31 Å². The summed E-state index contributed by atoms with van der Waals surface area (Å²) >= 11 is 0. The highest BCUT2D eigenvalue weighted by Gasteiger charge is 2.28. The lowest BCUT2D eigenvalue weighted by atomic mass is 10.2. The summed E-state index contributed by atoms with van der Waals surface area (Å²) in [4.78, 5) is 26.7. The summed E-state index contributed by atoms with van der Waals surface area (Å²) in [6.07, 6.45) is 0.725. The number of carbonyl (C=O) groups excluding carboxylic acids is 2. The van der Waals surface area contributed by atoms with E-state index in [4.69, 9.17) is 0 Å². The van der Waals surface area contributed by atoms with E-state index in [9.17, 15) is 18.0 Å². The first kappa shape index (κ1) is 19.1. The van der Waals surface area contributed by atoms with Crippen LogP contribution in [0.3, 0.4) is 0 Å². The van der Waals surface area contributed by atoms with Crippen molar-refractivity contribution in [3.05, 3.63) is 60.2 Å². The van der Waals surface area contributed by atoms with Gasteiger partial charge in [0.15, 0.2) is 0 Å². The van der Waals surface area contributed by atoms with E-state index in [1.165, 1.54) is 21.3 Å². The molecule has 3 rings (SSSR count). The van der Waals surface area contributed by atoms with Crippen LogP contribution in [0.4, 0.5) is 5.69 Å². The number of para-hydroxylation sites is 1. The quantitative estimate of drug-likeness (QED) is 0.727. The fourth-order valence-corrected chi connectivity index (χ4v) is 4.42. The maximum atomic E-state index is 12.9. The molecule has 142 valence electrons. The largest absolute Gasteiger partial charge is 0.343 e. The number of rotatable bonds is 5. The van der Waals surface area contributed by atoms with E-state index >= 15 is 0 Å². The van der Waals surface area contributed by atoms with E-state index in [1.54, 1.807) is 24.1 Å². The maximum Gasteiger partial charge on any atom is 0.258 e. The molecule has 8 heteroatoms. The van der Waals surface area contributed by atoms with Crippen molar-refractivity contribution in [1.82, 2.24) is 9.21 Å². The Labute approximate surface area is 158 Å². The Morgan fingerprint density at radius 1 is 1.00 bits per heavy atom. The van der Waals surface area contributed by atoms with Crippen molar-refractivity contribution in [2.24, 2.45) is 0 Å². The van der Waals surface area contributed by atoms with Gasteiger partial charge in [-0.25, -0.2) is 8.42 Å². The van der Waals surface area contributed by atoms with Gasteiger partial charge < -0.3 is 9.80 Å². The van der Waals surface area contributed by atoms with Crippen molar-refractivity contribution < 1.29 is 18.0 Å². The molecule has 1 aliphatic heterocycles. The highest BCUT2D eigenvalue weighted by atomic mass is 32.2. The lowest BCUT2D eigenvalue weighted by Gasteiger charge is -2.31. The van der Waals surface area contributed by atoms with Gasteiger partial charge in [0.25, 0.3) is 5.91 Å². The average Bonchev–Trinajstić information content (AvgIpc) is 2.73. The number of benzene rings is 2. The first-order valence-corrected chi connectivity index (χ1v) is 10.00. The zero-order valence-electron chi connectivity index (χ0n) is 15.0. The lowest BCUT2D eigenvalue weighted by molar-refractivity contribution is -0.119. The van der Waals surface area contributed by atoms with E-state index in [0.717, 1.165) is 12.1 Å². The van der Waals surface area contributed by atoms with Crippen molar-refractivity contribution in [2.75, 3.05) is 38.1 Å². The molecule has 2 aromatic carbocycles. The molecule has 0 aliphatic carbocycles. The summed E-state index contributed by atoms with van der Waals surface area (Å²) in [6, 6.07) is 15.2. The molecule has 0 unspecified atom stereocenters. The molecular formula is C19H21N3O4S. The Bertz CT molecular complexity index is 923. The Morgan fingerprint density at radius 3 is 2.30 bits per heavy atom. The van der Waals surface area contributed by atoms with Crippen LogP contribution in [0.15, 0.2) is 59.5 Å². The SMILES string of the molecule is CN(C(=O)c1cccc(S(=O)(=O)N2CCN(C=O)CC2)c1)c1ccccc1. The fraction of sp³-hybridized carbons (Fsp3) is 0.263. The van der Waals surface area contributed by atoms with Crippen molar-refractivity contribution >= 4 is 28.0 Å². The molecule has 7 nitrogen and oxygen atoms in total. The minimum absolute atomic E-state index is 0.0781. The zero-order chi connectivity index (χ0) is 19.4. The number of hydrogen-bond donors (Lipinski definition) is 0. The third-order valence-corrected chi connectivity index (χ3v) is 6.48. The first-order valence-electron chi connectivity index (χ1n) is 8.56. The van der Waals surface area contributed by atoms with Crippen LogP contribution in [0.5, 0.6) is 0 Å². The van der Waals surface area contributed by atoms with Crippen LogP contribution in [0.2, 0.25) is 0 Å². The van der Waals surface area contributed by atoms with Crippen LogP contribution in [0, 0.1) is 0 Å². The summed E-state index contributed by atoms with van der Waals surface area (Å²) in [7, 11) is -2.07. The van der Waals surface area contributed by atoms with Crippen molar-refractivity contribution in [1.29, 1.82) is 0 Å². The van der Waals surface area contributed by atoms with Gasteiger partial charge >= 0.3 is 0 Å². The van der Waals surface area contributed by atoms with Crippen molar-refractivity contribution in [2.45, 2.75) is 4.90 Å². The number of anilines is 1. The number of amides is 2. The number of carbonyl (C=O) groups is 2. The predicted molar refractivity (Wildman–Crippen MR) is 102 cm³/mol. The normalized spacial score (nSPS) is 15.4. The molecule has 2 aromatic rings. The lowest BCUT2D eigenvalue weighted by Crippen LogP contribution is -2.48. The van der Waals surface area contributed by atoms with E-state index in [1.807, 2.05) is 30.3 Å². The monoisotopic (exact) mass is 387 g/mol.